The van der Waals surface area contributed by atoms with Crippen LogP contribution in [0.2, 0.25) is 0 Å². The van der Waals surface area contributed by atoms with Gasteiger partial charge in [0, 0.05) is 16.1 Å². The molecule has 0 bridgehead atoms. The third-order valence-corrected chi connectivity index (χ3v) is 3.35. The fraction of sp³-hybridized carbons (Fsp3) is 0. The molecule has 0 spiro atoms. The van der Waals surface area contributed by atoms with Crippen molar-refractivity contribution in [3.63, 3.8) is 0 Å². The van der Waals surface area contributed by atoms with E-state index in [0.717, 1.165) is 10.2 Å². The molecule has 0 aliphatic rings. The van der Waals surface area contributed by atoms with Gasteiger partial charge in [-0.05, 0) is 48.5 Å². The molecule has 20 heavy (non-hydrogen) atoms. The first-order valence-corrected chi connectivity index (χ1v) is 6.77. The van der Waals surface area contributed by atoms with Crippen LogP contribution >= 0.6 is 15.9 Å². The number of phenols is 1. The summed E-state index contributed by atoms with van der Waals surface area (Å²) in [5.74, 6) is 0.190. The highest BCUT2D eigenvalue weighted by Crippen LogP contribution is 2.31. The minimum atomic E-state index is 0.190. The molecule has 1 aromatic heterocycles. The Labute approximate surface area is 123 Å². The Hall–Kier alpha value is -2.27. The Balaban J connectivity index is 2.03. The molecule has 3 aromatic rings. The number of nitrogens with zero attached hydrogens (tertiary/aromatic N) is 3. The lowest BCUT2D eigenvalue weighted by molar-refractivity contribution is 0.481. The second-order valence-corrected chi connectivity index (χ2v) is 5.10. The predicted octanol–water partition coefficient (Wildman–Crippen LogP) is 5.12. The molecule has 3 rings (SSSR count). The van der Waals surface area contributed by atoms with Crippen molar-refractivity contribution in [2.75, 3.05) is 0 Å². The van der Waals surface area contributed by atoms with Gasteiger partial charge in [0.2, 0.25) is 0 Å². The minimum absolute atomic E-state index is 0.190. The molecule has 0 atom stereocenters. The van der Waals surface area contributed by atoms with E-state index in [2.05, 4.69) is 31.1 Å². The van der Waals surface area contributed by atoms with E-state index < -0.39 is 0 Å². The number of azo groups is 1. The van der Waals surface area contributed by atoms with E-state index in [1.165, 1.54) is 0 Å². The lowest BCUT2D eigenvalue weighted by atomic mass is 10.2. The lowest BCUT2D eigenvalue weighted by Crippen LogP contribution is -1.79. The molecule has 98 valence electrons. The summed E-state index contributed by atoms with van der Waals surface area (Å²) in [7, 11) is 0. The molecule has 5 heteroatoms. The fourth-order valence-electron chi connectivity index (χ4n) is 1.84. The van der Waals surface area contributed by atoms with Crippen LogP contribution in [0.15, 0.2) is 69.4 Å². The number of hydrogen-bond acceptors (Lipinski definition) is 4. The standard InChI is InChI=1S/C15H10BrN3O/c16-10-3-5-11(6-4-10)18-19-13-7-8-14(20)12-2-1-9-17-15(12)13/h1-9,20H. The van der Waals surface area contributed by atoms with Crippen molar-refractivity contribution in [2.45, 2.75) is 0 Å². The molecule has 1 N–H and O–H groups in total. The van der Waals surface area contributed by atoms with Crippen LogP contribution in [-0.2, 0) is 0 Å². The average molecular weight is 328 g/mol. The van der Waals surface area contributed by atoms with E-state index in [1.54, 1.807) is 30.5 Å². The van der Waals surface area contributed by atoms with E-state index >= 15 is 0 Å². The molecule has 0 saturated heterocycles. The van der Waals surface area contributed by atoms with Crippen molar-refractivity contribution in [3.8, 4) is 5.75 Å². The molecule has 0 fully saturated rings. The van der Waals surface area contributed by atoms with Gasteiger partial charge in [0.25, 0.3) is 0 Å². The zero-order valence-electron chi connectivity index (χ0n) is 10.4. The van der Waals surface area contributed by atoms with Gasteiger partial charge in [-0.15, -0.1) is 5.11 Å². The molecule has 0 amide bonds. The number of aromatic hydroxyl groups is 1. The Morgan fingerprint density at radius 1 is 0.950 bits per heavy atom. The number of hydrogen-bond donors (Lipinski definition) is 1. The minimum Gasteiger partial charge on any atom is -0.507 e. The molecular weight excluding hydrogens is 318 g/mol. The maximum Gasteiger partial charge on any atom is 0.125 e. The summed E-state index contributed by atoms with van der Waals surface area (Å²) in [6.07, 6.45) is 1.67. The summed E-state index contributed by atoms with van der Waals surface area (Å²) >= 11 is 3.37. The number of aromatic nitrogens is 1. The summed E-state index contributed by atoms with van der Waals surface area (Å²) in [5, 5.41) is 18.9. The zero-order valence-corrected chi connectivity index (χ0v) is 11.9. The van der Waals surface area contributed by atoms with E-state index in [1.807, 2.05) is 24.3 Å². The Morgan fingerprint density at radius 2 is 1.75 bits per heavy atom. The van der Waals surface area contributed by atoms with Crippen LogP contribution in [0.4, 0.5) is 11.4 Å². The maximum atomic E-state index is 9.79. The third kappa shape index (κ3) is 2.53. The highest BCUT2D eigenvalue weighted by atomic mass is 79.9. The first-order valence-electron chi connectivity index (χ1n) is 5.98. The molecule has 4 nitrogen and oxygen atoms in total. The van der Waals surface area contributed by atoms with Crippen molar-refractivity contribution in [1.82, 2.24) is 4.98 Å². The van der Waals surface area contributed by atoms with Gasteiger partial charge < -0.3 is 5.11 Å². The Kier molecular flexibility index (Phi) is 3.43. The van der Waals surface area contributed by atoms with Gasteiger partial charge in [0.1, 0.15) is 17.0 Å². The van der Waals surface area contributed by atoms with Gasteiger partial charge >= 0.3 is 0 Å². The first-order chi connectivity index (χ1) is 9.74. The van der Waals surface area contributed by atoms with Crippen LogP contribution in [-0.4, -0.2) is 10.1 Å². The number of fused-ring (bicyclic) bond motifs is 1. The van der Waals surface area contributed by atoms with Crippen molar-refractivity contribution in [2.24, 2.45) is 10.2 Å². The largest absolute Gasteiger partial charge is 0.507 e. The van der Waals surface area contributed by atoms with Crippen LogP contribution < -0.4 is 0 Å². The fourth-order valence-corrected chi connectivity index (χ4v) is 2.11. The molecule has 0 aliphatic carbocycles. The summed E-state index contributed by atoms with van der Waals surface area (Å²) in [6, 6.07) is 14.4. The van der Waals surface area contributed by atoms with Gasteiger partial charge in [-0.25, -0.2) is 0 Å². The summed E-state index contributed by atoms with van der Waals surface area (Å²) < 4.78 is 0.994. The third-order valence-electron chi connectivity index (χ3n) is 2.83. The lowest BCUT2D eigenvalue weighted by Gasteiger charge is -2.02. The molecule has 0 unspecified atom stereocenters. The van der Waals surface area contributed by atoms with E-state index in [4.69, 9.17) is 0 Å². The van der Waals surface area contributed by atoms with Crippen LogP contribution in [0.1, 0.15) is 0 Å². The predicted molar refractivity (Wildman–Crippen MR) is 81.7 cm³/mol. The second-order valence-electron chi connectivity index (χ2n) is 4.18. The van der Waals surface area contributed by atoms with Gasteiger partial charge in [-0.3, -0.25) is 4.98 Å². The molecule has 0 radical (unpaired) electrons. The second kappa shape index (κ2) is 5.38. The average Bonchev–Trinajstić information content (AvgIpc) is 2.49. The summed E-state index contributed by atoms with van der Waals surface area (Å²) in [4.78, 5) is 4.25. The van der Waals surface area contributed by atoms with Crippen molar-refractivity contribution in [3.05, 3.63) is 59.2 Å². The molecular formula is C15H10BrN3O. The van der Waals surface area contributed by atoms with Gasteiger partial charge in [0.15, 0.2) is 0 Å². The normalized spacial score (nSPS) is 11.2. The quantitative estimate of drug-likeness (QED) is 0.664. The summed E-state index contributed by atoms with van der Waals surface area (Å²) in [6.45, 7) is 0. The highest BCUT2D eigenvalue weighted by molar-refractivity contribution is 9.10. The SMILES string of the molecule is Oc1ccc(N=Nc2ccc(Br)cc2)c2ncccc12. The molecule has 0 aliphatic heterocycles. The van der Waals surface area contributed by atoms with E-state index in [-0.39, 0.29) is 5.75 Å². The van der Waals surface area contributed by atoms with Crippen molar-refractivity contribution >= 4 is 38.2 Å². The Bertz CT molecular complexity index is 785. The van der Waals surface area contributed by atoms with E-state index in [9.17, 15) is 5.11 Å². The first kappa shape index (κ1) is 12.7. The highest BCUT2D eigenvalue weighted by Gasteiger charge is 2.05. The Morgan fingerprint density at radius 3 is 2.55 bits per heavy atom. The number of rotatable bonds is 2. The smallest absolute Gasteiger partial charge is 0.125 e. The topological polar surface area (TPSA) is 57.8 Å². The molecule has 2 aromatic carbocycles. The van der Waals surface area contributed by atoms with Crippen molar-refractivity contribution in [1.29, 1.82) is 0 Å². The zero-order chi connectivity index (χ0) is 13.9. The maximum absolute atomic E-state index is 9.79. The molecule has 0 saturated carbocycles. The van der Waals surface area contributed by atoms with Crippen LogP contribution in [0, 0.1) is 0 Å². The van der Waals surface area contributed by atoms with Gasteiger partial charge in [-0.1, -0.05) is 15.9 Å². The van der Waals surface area contributed by atoms with E-state index in [0.29, 0.717) is 16.6 Å². The monoisotopic (exact) mass is 327 g/mol. The number of pyridine rings is 1. The number of benzene rings is 2. The number of phenolic OH excluding ortho intramolecular Hbond substituents is 1. The summed E-state index contributed by atoms with van der Waals surface area (Å²) in [5.41, 5.74) is 2.01. The van der Waals surface area contributed by atoms with Gasteiger partial charge in [0.05, 0.1) is 5.69 Å². The number of halogens is 1. The van der Waals surface area contributed by atoms with Gasteiger partial charge in [-0.2, -0.15) is 5.11 Å². The van der Waals surface area contributed by atoms with Crippen LogP contribution in [0.5, 0.6) is 5.75 Å². The molecule has 1 heterocycles. The van der Waals surface area contributed by atoms with Crippen LogP contribution in [0.3, 0.4) is 0 Å². The van der Waals surface area contributed by atoms with Crippen LogP contribution in [0.25, 0.3) is 10.9 Å². The van der Waals surface area contributed by atoms with Crippen molar-refractivity contribution < 1.29 is 5.11 Å².